The molecule has 0 heterocycles. The molecule has 3 aromatic rings. The monoisotopic (exact) mass is 281 g/mol. The lowest BCUT2D eigenvalue weighted by Crippen LogP contribution is -1.81. The second-order valence-corrected chi connectivity index (χ2v) is 5.19. The molecule has 0 spiro atoms. The summed E-state index contributed by atoms with van der Waals surface area (Å²) in [5, 5.41) is 11.1. The van der Waals surface area contributed by atoms with Crippen molar-refractivity contribution in [1.82, 2.24) is 0 Å². The first kappa shape index (κ1) is 13.9. The van der Waals surface area contributed by atoms with Crippen molar-refractivity contribution in [3.63, 3.8) is 0 Å². The minimum Gasteiger partial charge on any atom is -0.192 e. The summed E-state index contributed by atoms with van der Waals surface area (Å²) in [6, 6.07) is 22.3. The van der Waals surface area contributed by atoms with Gasteiger partial charge in [0.2, 0.25) is 0 Å². The molecule has 22 heavy (non-hydrogen) atoms. The summed E-state index contributed by atoms with van der Waals surface area (Å²) in [6.07, 6.45) is 1.04. The van der Waals surface area contributed by atoms with Crippen LogP contribution in [0.15, 0.2) is 60.7 Å². The molecule has 0 fully saturated rings. The van der Waals surface area contributed by atoms with Crippen LogP contribution in [0.25, 0.3) is 10.8 Å². The molecule has 0 aliphatic carbocycles. The third kappa shape index (κ3) is 3.00. The van der Waals surface area contributed by atoms with Crippen molar-refractivity contribution in [3.8, 4) is 17.9 Å². The molecule has 1 heteroatoms. The van der Waals surface area contributed by atoms with Crippen LogP contribution in [-0.2, 0) is 6.42 Å². The van der Waals surface area contributed by atoms with Crippen molar-refractivity contribution in [2.45, 2.75) is 13.3 Å². The first-order chi connectivity index (χ1) is 10.8. The summed E-state index contributed by atoms with van der Waals surface area (Å²) < 4.78 is 0. The van der Waals surface area contributed by atoms with Gasteiger partial charge < -0.3 is 0 Å². The Bertz CT molecular complexity index is 916. The Morgan fingerprint density at radius 3 is 1.91 bits per heavy atom. The predicted octanol–water partition coefficient (Wildman–Crippen LogP) is 4.67. The number of fused-ring (bicyclic) bond motifs is 1. The molecule has 0 amide bonds. The SMILES string of the molecule is CCc1ccc(C#Cc2ccc3cc(C#N)ccc3c2)cc1. The highest BCUT2D eigenvalue weighted by Crippen LogP contribution is 2.17. The normalized spacial score (nSPS) is 9.82. The first-order valence-corrected chi connectivity index (χ1v) is 7.33. The molecule has 0 N–H and O–H groups in total. The van der Waals surface area contributed by atoms with Crippen LogP contribution in [0.1, 0.15) is 29.2 Å². The zero-order valence-corrected chi connectivity index (χ0v) is 12.4. The molecule has 0 unspecified atom stereocenters. The average molecular weight is 281 g/mol. The van der Waals surface area contributed by atoms with Crippen molar-refractivity contribution in [2.75, 3.05) is 0 Å². The van der Waals surface area contributed by atoms with E-state index in [0.29, 0.717) is 5.56 Å². The molecule has 0 radical (unpaired) electrons. The lowest BCUT2D eigenvalue weighted by atomic mass is 10.0. The lowest BCUT2D eigenvalue weighted by Gasteiger charge is -1.99. The Morgan fingerprint density at radius 1 is 0.727 bits per heavy atom. The van der Waals surface area contributed by atoms with Gasteiger partial charge in [0.05, 0.1) is 11.6 Å². The maximum absolute atomic E-state index is 8.93. The van der Waals surface area contributed by atoms with E-state index in [1.165, 1.54) is 5.56 Å². The number of nitrogens with zero attached hydrogens (tertiary/aromatic N) is 1. The van der Waals surface area contributed by atoms with Gasteiger partial charge in [-0.2, -0.15) is 5.26 Å². The molecule has 3 aromatic carbocycles. The molecule has 0 aromatic heterocycles. The van der Waals surface area contributed by atoms with Crippen molar-refractivity contribution in [1.29, 1.82) is 5.26 Å². The van der Waals surface area contributed by atoms with Gasteiger partial charge >= 0.3 is 0 Å². The Hall–Kier alpha value is -3.03. The number of hydrogen-bond donors (Lipinski definition) is 0. The van der Waals surface area contributed by atoms with Gasteiger partial charge in [-0.15, -0.1) is 0 Å². The number of rotatable bonds is 1. The van der Waals surface area contributed by atoms with E-state index in [9.17, 15) is 0 Å². The fourth-order valence-electron chi connectivity index (χ4n) is 2.36. The van der Waals surface area contributed by atoms with Gasteiger partial charge in [-0.1, -0.05) is 43.0 Å². The maximum Gasteiger partial charge on any atom is 0.0991 e. The predicted molar refractivity (Wildman–Crippen MR) is 90.5 cm³/mol. The van der Waals surface area contributed by atoms with Gasteiger partial charge in [0.15, 0.2) is 0 Å². The van der Waals surface area contributed by atoms with Crippen molar-refractivity contribution in [3.05, 3.63) is 82.9 Å². The standard InChI is InChI=1S/C21H15N/c1-2-16-3-5-17(6-4-16)7-8-18-9-11-21-14-19(15-22)10-12-20(21)13-18/h3-6,9-14H,2H2,1H3. The summed E-state index contributed by atoms with van der Waals surface area (Å²) in [4.78, 5) is 0. The van der Waals surface area contributed by atoms with E-state index in [0.717, 1.165) is 28.3 Å². The summed E-state index contributed by atoms with van der Waals surface area (Å²) in [5.74, 6) is 6.40. The van der Waals surface area contributed by atoms with Crippen molar-refractivity contribution < 1.29 is 0 Å². The highest BCUT2D eigenvalue weighted by molar-refractivity contribution is 5.85. The summed E-state index contributed by atoms with van der Waals surface area (Å²) in [5.41, 5.74) is 4.01. The Kier molecular flexibility index (Phi) is 3.90. The van der Waals surface area contributed by atoms with Gasteiger partial charge in [-0.05, 0) is 59.2 Å². The third-order valence-corrected chi connectivity index (χ3v) is 3.68. The van der Waals surface area contributed by atoms with E-state index in [2.05, 4.69) is 55.2 Å². The molecule has 0 saturated carbocycles. The summed E-state index contributed by atoms with van der Waals surface area (Å²) >= 11 is 0. The van der Waals surface area contributed by atoms with Gasteiger partial charge in [0.25, 0.3) is 0 Å². The molecule has 0 atom stereocenters. The van der Waals surface area contributed by atoms with Crippen molar-refractivity contribution in [2.24, 2.45) is 0 Å². The first-order valence-electron chi connectivity index (χ1n) is 7.33. The van der Waals surface area contributed by atoms with E-state index in [-0.39, 0.29) is 0 Å². The Morgan fingerprint density at radius 2 is 1.27 bits per heavy atom. The van der Waals surface area contributed by atoms with E-state index in [4.69, 9.17) is 5.26 Å². The second kappa shape index (κ2) is 6.17. The minimum atomic E-state index is 0.683. The number of hydrogen-bond acceptors (Lipinski definition) is 1. The van der Waals surface area contributed by atoms with Gasteiger partial charge in [-0.3, -0.25) is 0 Å². The molecule has 0 aliphatic heterocycles. The maximum atomic E-state index is 8.93. The van der Waals surface area contributed by atoms with E-state index >= 15 is 0 Å². The molecule has 1 nitrogen and oxygen atoms in total. The molecule has 0 saturated heterocycles. The molecule has 104 valence electrons. The van der Waals surface area contributed by atoms with Crippen LogP contribution < -0.4 is 0 Å². The highest BCUT2D eigenvalue weighted by Gasteiger charge is 1.97. The zero-order valence-electron chi connectivity index (χ0n) is 12.4. The fraction of sp³-hybridized carbons (Fsp3) is 0.0952. The van der Waals surface area contributed by atoms with E-state index < -0.39 is 0 Å². The van der Waals surface area contributed by atoms with Gasteiger partial charge in [0, 0.05) is 11.1 Å². The highest BCUT2D eigenvalue weighted by atomic mass is 14.2. The minimum absolute atomic E-state index is 0.683. The molecular weight excluding hydrogens is 266 g/mol. The van der Waals surface area contributed by atoms with Crippen LogP contribution in [0.4, 0.5) is 0 Å². The van der Waals surface area contributed by atoms with Crippen LogP contribution >= 0.6 is 0 Å². The van der Waals surface area contributed by atoms with E-state index in [1.807, 2.05) is 30.3 Å². The van der Waals surface area contributed by atoms with Gasteiger partial charge in [-0.25, -0.2) is 0 Å². The largest absolute Gasteiger partial charge is 0.192 e. The number of nitriles is 1. The smallest absolute Gasteiger partial charge is 0.0991 e. The molecule has 3 rings (SSSR count). The van der Waals surface area contributed by atoms with Crippen LogP contribution in [0.5, 0.6) is 0 Å². The van der Waals surface area contributed by atoms with Crippen LogP contribution in [0.2, 0.25) is 0 Å². The quantitative estimate of drug-likeness (QED) is 0.594. The van der Waals surface area contributed by atoms with Crippen LogP contribution in [0, 0.1) is 23.2 Å². The third-order valence-electron chi connectivity index (χ3n) is 3.68. The van der Waals surface area contributed by atoms with Crippen molar-refractivity contribution >= 4 is 10.8 Å². The van der Waals surface area contributed by atoms with Crippen LogP contribution in [0.3, 0.4) is 0 Å². The second-order valence-electron chi connectivity index (χ2n) is 5.19. The zero-order chi connectivity index (χ0) is 15.4. The number of benzene rings is 3. The van der Waals surface area contributed by atoms with Gasteiger partial charge in [0.1, 0.15) is 0 Å². The fourth-order valence-corrected chi connectivity index (χ4v) is 2.36. The molecule has 0 bridgehead atoms. The molecular formula is C21H15N. The summed E-state index contributed by atoms with van der Waals surface area (Å²) in [7, 11) is 0. The average Bonchev–Trinajstić information content (AvgIpc) is 2.59. The Labute approximate surface area is 130 Å². The summed E-state index contributed by atoms with van der Waals surface area (Å²) in [6.45, 7) is 2.15. The number of aryl methyl sites for hydroxylation is 1. The Balaban J connectivity index is 1.91. The van der Waals surface area contributed by atoms with Crippen LogP contribution in [-0.4, -0.2) is 0 Å². The van der Waals surface area contributed by atoms with E-state index in [1.54, 1.807) is 0 Å². The lowest BCUT2D eigenvalue weighted by molar-refractivity contribution is 1.14. The molecule has 0 aliphatic rings. The topological polar surface area (TPSA) is 23.8 Å².